The van der Waals surface area contributed by atoms with Crippen LogP contribution >= 0.6 is 0 Å². The SMILES string of the molecule is CCOc1ccc(-c2ncc(-c3ccc(C#N)cc3)cn2)cc1. The van der Waals surface area contributed by atoms with E-state index in [9.17, 15) is 0 Å². The van der Waals surface area contributed by atoms with Crippen LogP contribution < -0.4 is 4.74 Å². The lowest BCUT2D eigenvalue weighted by atomic mass is 10.1. The second-order valence-corrected chi connectivity index (χ2v) is 4.94. The maximum absolute atomic E-state index is 8.83. The first-order valence-electron chi connectivity index (χ1n) is 7.36. The highest BCUT2D eigenvalue weighted by Gasteiger charge is 2.04. The predicted octanol–water partition coefficient (Wildman–Crippen LogP) is 4.08. The third-order valence-electron chi connectivity index (χ3n) is 3.42. The van der Waals surface area contributed by atoms with Crippen molar-refractivity contribution < 1.29 is 4.74 Å². The van der Waals surface area contributed by atoms with Gasteiger partial charge in [0, 0.05) is 23.5 Å². The van der Waals surface area contributed by atoms with Crippen molar-refractivity contribution in [3.8, 4) is 34.3 Å². The molecule has 0 saturated heterocycles. The van der Waals surface area contributed by atoms with Gasteiger partial charge in [-0.1, -0.05) is 12.1 Å². The standard InChI is InChI=1S/C19H15N3O/c1-2-23-18-9-7-16(8-10-18)19-21-12-17(13-22-19)15-5-3-14(11-20)4-6-15/h3-10,12-13H,2H2,1H3. The molecule has 0 radical (unpaired) electrons. The van der Waals surface area contributed by atoms with Gasteiger partial charge in [0.05, 0.1) is 18.2 Å². The Morgan fingerprint density at radius 3 is 2.04 bits per heavy atom. The zero-order chi connectivity index (χ0) is 16.1. The van der Waals surface area contributed by atoms with Crippen LogP contribution in [0.5, 0.6) is 5.75 Å². The van der Waals surface area contributed by atoms with Crippen LogP contribution in [-0.4, -0.2) is 16.6 Å². The highest BCUT2D eigenvalue weighted by atomic mass is 16.5. The van der Waals surface area contributed by atoms with Gasteiger partial charge in [-0.15, -0.1) is 0 Å². The van der Waals surface area contributed by atoms with Crippen molar-refractivity contribution in [2.24, 2.45) is 0 Å². The third-order valence-corrected chi connectivity index (χ3v) is 3.42. The van der Waals surface area contributed by atoms with E-state index in [2.05, 4.69) is 16.0 Å². The van der Waals surface area contributed by atoms with Crippen LogP contribution in [0.2, 0.25) is 0 Å². The molecular formula is C19H15N3O. The van der Waals surface area contributed by atoms with Gasteiger partial charge in [0.15, 0.2) is 5.82 Å². The summed E-state index contributed by atoms with van der Waals surface area (Å²) < 4.78 is 5.43. The van der Waals surface area contributed by atoms with Crippen LogP contribution in [0.1, 0.15) is 12.5 Å². The Hall–Kier alpha value is -3.19. The Labute approximate surface area is 135 Å². The van der Waals surface area contributed by atoms with Gasteiger partial charge in [0.2, 0.25) is 0 Å². The number of aromatic nitrogens is 2. The summed E-state index contributed by atoms with van der Waals surface area (Å²) >= 11 is 0. The van der Waals surface area contributed by atoms with Crippen molar-refractivity contribution in [1.82, 2.24) is 9.97 Å². The van der Waals surface area contributed by atoms with Crippen molar-refractivity contribution >= 4 is 0 Å². The van der Waals surface area contributed by atoms with Gasteiger partial charge >= 0.3 is 0 Å². The Kier molecular flexibility index (Phi) is 4.30. The van der Waals surface area contributed by atoms with Crippen LogP contribution in [0.3, 0.4) is 0 Å². The van der Waals surface area contributed by atoms with E-state index in [1.807, 2.05) is 43.3 Å². The molecular weight excluding hydrogens is 286 g/mol. The largest absolute Gasteiger partial charge is 0.494 e. The second kappa shape index (κ2) is 6.71. The first-order chi connectivity index (χ1) is 11.3. The molecule has 112 valence electrons. The van der Waals surface area contributed by atoms with Gasteiger partial charge in [-0.05, 0) is 48.9 Å². The normalized spacial score (nSPS) is 10.1. The van der Waals surface area contributed by atoms with Crippen molar-refractivity contribution in [3.05, 3.63) is 66.5 Å². The maximum Gasteiger partial charge on any atom is 0.159 e. The lowest BCUT2D eigenvalue weighted by Crippen LogP contribution is -1.92. The monoisotopic (exact) mass is 301 g/mol. The Bertz CT molecular complexity index is 816. The molecule has 0 spiro atoms. The van der Waals surface area contributed by atoms with Crippen LogP contribution in [0.25, 0.3) is 22.5 Å². The fourth-order valence-corrected chi connectivity index (χ4v) is 2.23. The lowest BCUT2D eigenvalue weighted by Gasteiger charge is -2.05. The number of nitriles is 1. The summed E-state index contributed by atoms with van der Waals surface area (Å²) in [5.41, 5.74) is 3.49. The highest BCUT2D eigenvalue weighted by molar-refractivity contribution is 5.64. The van der Waals surface area contributed by atoms with Crippen molar-refractivity contribution in [1.29, 1.82) is 5.26 Å². The average molecular weight is 301 g/mol. The van der Waals surface area contributed by atoms with Crippen molar-refractivity contribution in [2.75, 3.05) is 6.61 Å². The fraction of sp³-hybridized carbons (Fsp3) is 0.105. The number of hydrogen-bond acceptors (Lipinski definition) is 4. The molecule has 1 heterocycles. The second-order valence-electron chi connectivity index (χ2n) is 4.94. The molecule has 4 heteroatoms. The molecule has 0 saturated carbocycles. The van der Waals surface area contributed by atoms with E-state index < -0.39 is 0 Å². The van der Waals surface area contributed by atoms with Gasteiger partial charge < -0.3 is 4.74 Å². The van der Waals surface area contributed by atoms with Gasteiger partial charge in [0.1, 0.15) is 5.75 Å². The minimum absolute atomic E-state index is 0.640. The van der Waals surface area contributed by atoms with E-state index in [-0.39, 0.29) is 0 Å². The van der Waals surface area contributed by atoms with Crippen LogP contribution in [0.15, 0.2) is 60.9 Å². The number of rotatable bonds is 4. The summed E-state index contributed by atoms with van der Waals surface area (Å²) in [5.74, 6) is 1.51. The van der Waals surface area contributed by atoms with E-state index in [4.69, 9.17) is 10.00 Å². The molecule has 0 unspecified atom stereocenters. The maximum atomic E-state index is 8.83. The summed E-state index contributed by atoms with van der Waals surface area (Å²) in [5, 5.41) is 8.83. The van der Waals surface area contributed by atoms with Gasteiger partial charge in [-0.3, -0.25) is 0 Å². The molecule has 3 aromatic rings. The summed E-state index contributed by atoms with van der Waals surface area (Å²) in [7, 11) is 0. The van der Waals surface area contributed by atoms with E-state index >= 15 is 0 Å². The molecule has 0 aliphatic rings. The first-order valence-corrected chi connectivity index (χ1v) is 7.36. The molecule has 23 heavy (non-hydrogen) atoms. The van der Waals surface area contributed by atoms with Gasteiger partial charge in [-0.25, -0.2) is 9.97 Å². The molecule has 0 bridgehead atoms. The first kappa shape index (κ1) is 14.7. The Balaban J connectivity index is 1.82. The molecule has 1 aromatic heterocycles. The van der Waals surface area contributed by atoms with Gasteiger partial charge in [0.25, 0.3) is 0 Å². The minimum atomic E-state index is 0.640. The molecule has 0 aliphatic carbocycles. The highest BCUT2D eigenvalue weighted by Crippen LogP contribution is 2.22. The van der Waals surface area contributed by atoms with Gasteiger partial charge in [-0.2, -0.15) is 5.26 Å². The molecule has 0 aliphatic heterocycles. The van der Waals surface area contributed by atoms with E-state index in [0.717, 1.165) is 22.4 Å². The molecule has 0 fully saturated rings. The summed E-state index contributed by atoms with van der Waals surface area (Å²) in [6, 6.07) is 17.2. The quantitative estimate of drug-likeness (QED) is 0.728. The number of benzene rings is 2. The lowest BCUT2D eigenvalue weighted by molar-refractivity contribution is 0.340. The summed E-state index contributed by atoms with van der Waals surface area (Å²) in [6.07, 6.45) is 3.58. The molecule has 2 aromatic carbocycles. The number of nitrogens with zero attached hydrogens (tertiary/aromatic N) is 3. The molecule has 0 atom stereocenters. The summed E-state index contributed by atoms with van der Waals surface area (Å²) in [6.45, 7) is 2.61. The van der Waals surface area contributed by atoms with Crippen LogP contribution in [-0.2, 0) is 0 Å². The topological polar surface area (TPSA) is 58.8 Å². The molecule has 0 N–H and O–H groups in total. The average Bonchev–Trinajstić information content (AvgIpc) is 2.63. The molecule has 0 amide bonds. The summed E-state index contributed by atoms with van der Waals surface area (Å²) in [4.78, 5) is 8.85. The minimum Gasteiger partial charge on any atom is -0.494 e. The molecule has 4 nitrogen and oxygen atoms in total. The zero-order valence-corrected chi connectivity index (χ0v) is 12.7. The number of hydrogen-bond donors (Lipinski definition) is 0. The van der Waals surface area contributed by atoms with E-state index in [1.165, 1.54) is 0 Å². The Morgan fingerprint density at radius 2 is 1.48 bits per heavy atom. The Morgan fingerprint density at radius 1 is 0.870 bits per heavy atom. The van der Waals surface area contributed by atoms with Crippen LogP contribution in [0.4, 0.5) is 0 Å². The van der Waals surface area contributed by atoms with Crippen LogP contribution in [0, 0.1) is 11.3 Å². The smallest absolute Gasteiger partial charge is 0.159 e. The zero-order valence-electron chi connectivity index (χ0n) is 12.7. The van der Waals surface area contributed by atoms with E-state index in [0.29, 0.717) is 18.0 Å². The van der Waals surface area contributed by atoms with Crippen molar-refractivity contribution in [2.45, 2.75) is 6.92 Å². The van der Waals surface area contributed by atoms with E-state index in [1.54, 1.807) is 24.5 Å². The third kappa shape index (κ3) is 3.35. The van der Waals surface area contributed by atoms with Crippen molar-refractivity contribution in [3.63, 3.8) is 0 Å². The number of ether oxygens (including phenoxy) is 1. The fourth-order valence-electron chi connectivity index (χ4n) is 2.23. The molecule has 3 rings (SSSR count). The predicted molar refractivity (Wildman–Crippen MR) is 88.8 cm³/mol.